The van der Waals surface area contributed by atoms with Gasteiger partial charge >= 0.3 is 0 Å². The van der Waals surface area contributed by atoms with Crippen molar-refractivity contribution in [2.24, 2.45) is 5.92 Å². The molecule has 0 amide bonds. The van der Waals surface area contributed by atoms with E-state index in [9.17, 15) is 0 Å². The van der Waals surface area contributed by atoms with Gasteiger partial charge in [-0.3, -0.25) is 0 Å². The van der Waals surface area contributed by atoms with Crippen molar-refractivity contribution < 1.29 is 4.74 Å². The van der Waals surface area contributed by atoms with Crippen LogP contribution in [0.2, 0.25) is 0 Å². The van der Waals surface area contributed by atoms with Gasteiger partial charge in [-0.15, -0.1) is 0 Å². The average Bonchev–Trinajstić information content (AvgIpc) is 2.38. The molecule has 0 heterocycles. The molecular formula is C17H25NO. The fraction of sp³-hybridized carbons (Fsp3) is 0.529. The van der Waals surface area contributed by atoms with E-state index in [-0.39, 0.29) is 0 Å². The minimum atomic E-state index is 0.440. The maximum atomic E-state index is 5.91. The second-order valence-electron chi connectivity index (χ2n) is 5.74. The van der Waals surface area contributed by atoms with Gasteiger partial charge in [-0.05, 0) is 45.0 Å². The molecular weight excluding hydrogens is 234 g/mol. The summed E-state index contributed by atoms with van der Waals surface area (Å²) < 4.78 is 5.91. The Balaban J connectivity index is 2.26. The lowest BCUT2D eigenvalue weighted by Crippen LogP contribution is -2.34. The summed E-state index contributed by atoms with van der Waals surface area (Å²) in [6, 6.07) is 8.86. The average molecular weight is 259 g/mol. The first-order valence-electron chi connectivity index (χ1n) is 7.11. The molecule has 1 aromatic rings. The third kappa shape index (κ3) is 2.84. The maximum absolute atomic E-state index is 5.91. The molecule has 0 bridgehead atoms. The molecule has 2 rings (SSSR count). The van der Waals surface area contributed by atoms with Crippen LogP contribution in [0.4, 0.5) is 0 Å². The first-order chi connectivity index (χ1) is 9.04. The lowest BCUT2D eigenvalue weighted by atomic mass is 9.70. The number of rotatable bonds is 5. The summed E-state index contributed by atoms with van der Waals surface area (Å²) in [6.07, 6.45) is 0. The zero-order valence-corrected chi connectivity index (χ0v) is 12.7. The summed E-state index contributed by atoms with van der Waals surface area (Å²) in [5, 5.41) is 0. The molecule has 1 aliphatic rings. The number of likely N-dealkylation sites (N-methyl/N-ethyl adjacent to an activating group) is 1. The van der Waals surface area contributed by atoms with Gasteiger partial charge in [0, 0.05) is 12.5 Å². The highest BCUT2D eigenvalue weighted by atomic mass is 16.5. The molecule has 0 fully saturated rings. The lowest BCUT2D eigenvalue weighted by molar-refractivity contribution is 0.157. The van der Waals surface area contributed by atoms with Crippen LogP contribution in [0.5, 0.6) is 0 Å². The van der Waals surface area contributed by atoms with Gasteiger partial charge in [0.2, 0.25) is 0 Å². The normalized spacial score (nSPS) is 22.6. The second kappa shape index (κ2) is 5.79. The molecule has 2 nitrogen and oxygen atoms in total. The summed E-state index contributed by atoms with van der Waals surface area (Å²) in [4.78, 5) is 2.22. The summed E-state index contributed by atoms with van der Waals surface area (Å²) in [5.74, 6) is 2.22. The minimum Gasteiger partial charge on any atom is -0.498 e. The summed E-state index contributed by atoms with van der Waals surface area (Å²) in [7, 11) is 4.23. The van der Waals surface area contributed by atoms with E-state index in [0.717, 1.165) is 13.2 Å². The quantitative estimate of drug-likeness (QED) is 0.801. The van der Waals surface area contributed by atoms with Crippen LogP contribution in [0.3, 0.4) is 0 Å². The zero-order valence-electron chi connectivity index (χ0n) is 12.7. The maximum Gasteiger partial charge on any atom is 0.105 e. The Hall–Kier alpha value is -1.28. The smallest absolute Gasteiger partial charge is 0.105 e. The van der Waals surface area contributed by atoms with Gasteiger partial charge in [-0.1, -0.05) is 36.8 Å². The van der Waals surface area contributed by atoms with Gasteiger partial charge in [0.05, 0.1) is 6.61 Å². The largest absolute Gasteiger partial charge is 0.498 e. The highest BCUT2D eigenvalue weighted by Crippen LogP contribution is 2.48. The Kier molecular flexibility index (Phi) is 4.31. The van der Waals surface area contributed by atoms with E-state index >= 15 is 0 Å². The minimum absolute atomic E-state index is 0.440. The number of allylic oxidation sites excluding steroid dienone is 1. The summed E-state index contributed by atoms with van der Waals surface area (Å²) in [6.45, 7) is 8.26. The molecule has 0 spiro atoms. The number of nitrogens with zero attached hydrogens (tertiary/aromatic N) is 1. The Morgan fingerprint density at radius 3 is 2.32 bits per heavy atom. The molecule has 0 unspecified atom stereocenters. The molecule has 0 aliphatic heterocycles. The van der Waals surface area contributed by atoms with Crippen LogP contribution >= 0.6 is 0 Å². The van der Waals surface area contributed by atoms with Gasteiger partial charge in [-0.25, -0.2) is 0 Å². The third-order valence-electron chi connectivity index (χ3n) is 3.87. The van der Waals surface area contributed by atoms with E-state index in [1.54, 1.807) is 0 Å². The van der Waals surface area contributed by atoms with Crippen molar-refractivity contribution in [2.75, 3.05) is 27.2 Å². The molecule has 0 N–H and O–H groups in total. The van der Waals surface area contributed by atoms with Crippen molar-refractivity contribution in [1.82, 2.24) is 4.90 Å². The van der Waals surface area contributed by atoms with E-state index in [1.165, 1.54) is 22.5 Å². The van der Waals surface area contributed by atoms with Crippen molar-refractivity contribution >= 4 is 0 Å². The van der Waals surface area contributed by atoms with Crippen LogP contribution in [-0.4, -0.2) is 32.1 Å². The molecule has 0 radical (unpaired) electrons. The predicted molar refractivity (Wildman–Crippen MR) is 80.3 cm³/mol. The van der Waals surface area contributed by atoms with Crippen molar-refractivity contribution in [3.05, 3.63) is 46.7 Å². The molecule has 0 saturated carbocycles. The summed E-state index contributed by atoms with van der Waals surface area (Å²) in [5.41, 5.74) is 4.15. The predicted octanol–water partition coefficient (Wildman–Crippen LogP) is 3.58. The first-order valence-corrected chi connectivity index (χ1v) is 7.11. The van der Waals surface area contributed by atoms with E-state index in [0.29, 0.717) is 11.8 Å². The molecule has 1 aromatic carbocycles. The van der Waals surface area contributed by atoms with Crippen molar-refractivity contribution in [3.63, 3.8) is 0 Å². The number of hydrogen-bond donors (Lipinski definition) is 0. The second-order valence-corrected chi connectivity index (χ2v) is 5.74. The molecule has 19 heavy (non-hydrogen) atoms. The summed E-state index contributed by atoms with van der Waals surface area (Å²) >= 11 is 0. The Labute approximate surface area is 117 Å². The van der Waals surface area contributed by atoms with Crippen LogP contribution in [0.1, 0.15) is 30.9 Å². The van der Waals surface area contributed by atoms with Crippen LogP contribution in [0.15, 0.2) is 35.6 Å². The van der Waals surface area contributed by atoms with Crippen molar-refractivity contribution in [3.8, 4) is 0 Å². The molecule has 0 aromatic heterocycles. The fourth-order valence-electron chi connectivity index (χ4n) is 2.87. The van der Waals surface area contributed by atoms with Crippen LogP contribution in [0.25, 0.3) is 0 Å². The van der Waals surface area contributed by atoms with Crippen LogP contribution in [0, 0.1) is 12.8 Å². The Morgan fingerprint density at radius 1 is 1.16 bits per heavy atom. The Morgan fingerprint density at radius 2 is 1.79 bits per heavy atom. The van der Waals surface area contributed by atoms with E-state index in [2.05, 4.69) is 64.0 Å². The van der Waals surface area contributed by atoms with Gasteiger partial charge in [0.25, 0.3) is 0 Å². The number of hydrogen-bond acceptors (Lipinski definition) is 2. The van der Waals surface area contributed by atoms with Gasteiger partial charge in [0.1, 0.15) is 5.76 Å². The topological polar surface area (TPSA) is 12.5 Å². The molecule has 2 heteroatoms. The highest BCUT2D eigenvalue weighted by Gasteiger charge is 2.39. The van der Waals surface area contributed by atoms with Crippen molar-refractivity contribution in [2.45, 2.75) is 26.7 Å². The molecule has 0 saturated heterocycles. The Bertz CT molecular complexity index is 459. The standard InChI is InChI=1S/C17H25NO/c1-6-19-17-15(11-18(4)5)13(3)16(17)14-9-7-12(2)8-10-14/h7-10,13,16H,6,11H2,1-5H3/t13-,16+/m1/s1. The molecule has 104 valence electrons. The SMILES string of the molecule is CCOC1=C(CN(C)C)[C@@H](C)[C@H]1c1ccc(C)cc1. The van der Waals surface area contributed by atoms with Gasteiger partial charge in [-0.2, -0.15) is 0 Å². The lowest BCUT2D eigenvalue weighted by Gasteiger charge is -2.41. The molecule has 1 aliphatic carbocycles. The van der Waals surface area contributed by atoms with E-state index in [4.69, 9.17) is 4.74 Å². The molecule has 2 atom stereocenters. The third-order valence-corrected chi connectivity index (χ3v) is 3.87. The van der Waals surface area contributed by atoms with Crippen molar-refractivity contribution in [1.29, 1.82) is 0 Å². The zero-order chi connectivity index (χ0) is 14.0. The first kappa shape index (κ1) is 14.1. The number of benzene rings is 1. The van der Waals surface area contributed by atoms with E-state index < -0.39 is 0 Å². The monoisotopic (exact) mass is 259 g/mol. The van der Waals surface area contributed by atoms with E-state index in [1.807, 2.05) is 0 Å². The number of aryl methyl sites for hydroxylation is 1. The number of ether oxygens (including phenoxy) is 1. The van der Waals surface area contributed by atoms with Gasteiger partial charge in [0.15, 0.2) is 0 Å². The highest BCUT2D eigenvalue weighted by molar-refractivity contribution is 5.42. The van der Waals surface area contributed by atoms with Crippen LogP contribution < -0.4 is 0 Å². The fourth-order valence-corrected chi connectivity index (χ4v) is 2.87. The van der Waals surface area contributed by atoms with Crippen LogP contribution in [-0.2, 0) is 4.74 Å². The van der Waals surface area contributed by atoms with Gasteiger partial charge < -0.3 is 9.64 Å².